The first-order chi connectivity index (χ1) is 10.5. The molecule has 116 valence electrons. The Bertz CT molecular complexity index is 685. The number of benzene rings is 2. The van der Waals surface area contributed by atoms with E-state index < -0.39 is 24.0 Å². The maximum atomic E-state index is 11.8. The fourth-order valence-electron chi connectivity index (χ4n) is 2.25. The van der Waals surface area contributed by atoms with E-state index >= 15 is 0 Å². The SMILES string of the molecule is N[C@@H](CS)C(=O)N[C@@H](Cc1cccc2ccccc12)C(=O)O. The van der Waals surface area contributed by atoms with Gasteiger partial charge in [-0.2, -0.15) is 12.6 Å². The number of rotatable bonds is 6. The first-order valence-electron chi connectivity index (χ1n) is 6.89. The van der Waals surface area contributed by atoms with Crippen molar-refractivity contribution in [1.29, 1.82) is 0 Å². The molecule has 0 spiro atoms. The van der Waals surface area contributed by atoms with Crippen LogP contribution in [-0.4, -0.2) is 34.8 Å². The first-order valence-corrected chi connectivity index (χ1v) is 7.52. The van der Waals surface area contributed by atoms with Gasteiger partial charge in [-0.05, 0) is 16.3 Å². The van der Waals surface area contributed by atoms with E-state index in [4.69, 9.17) is 5.73 Å². The lowest BCUT2D eigenvalue weighted by atomic mass is 9.98. The molecule has 0 unspecified atom stereocenters. The number of carboxylic acids is 1. The predicted molar refractivity (Wildman–Crippen MR) is 89.0 cm³/mol. The lowest BCUT2D eigenvalue weighted by Gasteiger charge is -2.18. The molecule has 6 heteroatoms. The number of carbonyl (C=O) groups is 2. The summed E-state index contributed by atoms with van der Waals surface area (Å²) in [6.45, 7) is 0. The molecule has 0 radical (unpaired) electrons. The second-order valence-electron chi connectivity index (χ2n) is 5.03. The molecule has 0 aromatic heterocycles. The highest BCUT2D eigenvalue weighted by Crippen LogP contribution is 2.19. The first kappa shape index (κ1) is 16.3. The van der Waals surface area contributed by atoms with Gasteiger partial charge in [-0.3, -0.25) is 4.79 Å². The Morgan fingerprint density at radius 1 is 1.18 bits per heavy atom. The molecule has 22 heavy (non-hydrogen) atoms. The van der Waals surface area contributed by atoms with Gasteiger partial charge >= 0.3 is 5.97 Å². The van der Waals surface area contributed by atoms with Gasteiger partial charge in [0.2, 0.25) is 5.91 Å². The van der Waals surface area contributed by atoms with Crippen LogP contribution in [0, 0.1) is 0 Å². The zero-order chi connectivity index (χ0) is 16.1. The molecule has 2 aromatic carbocycles. The molecule has 5 nitrogen and oxygen atoms in total. The molecule has 0 fully saturated rings. The monoisotopic (exact) mass is 318 g/mol. The number of fused-ring (bicyclic) bond motifs is 1. The van der Waals surface area contributed by atoms with E-state index in [0.29, 0.717) is 0 Å². The van der Waals surface area contributed by atoms with Gasteiger partial charge in [0.15, 0.2) is 0 Å². The lowest BCUT2D eigenvalue weighted by Crippen LogP contribution is -2.50. The Balaban J connectivity index is 2.23. The Morgan fingerprint density at radius 3 is 2.55 bits per heavy atom. The van der Waals surface area contributed by atoms with Crippen molar-refractivity contribution in [3.8, 4) is 0 Å². The van der Waals surface area contributed by atoms with Crippen molar-refractivity contribution in [3.05, 3.63) is 48.0 Å². The van der Waals surface area contributed by atoms with Crippen LogP contribution in [0.5, 0.6) is 0 Å². The van der Waals surface area contributed by atoms with Crippen molar-refractivity contribution < 1.29 is 14.7 Å². The van der Waals surface area contributed by atoms with E-state index in [-0.39, 0.29) is 12.2 Å². The molecule has 2 aromatic rings. The molecular formula is C16H18N2O3S. The van der Waals surface area contributed by atoms with Gasteiger partial charge in [0.25, 0.3) is 0 Å². The van der Waals surface area contributed by atoms with E-state index in [1.54, 1.807) is 0 Å². The number of nitrogens with two attached hydrogens (primary N) is 1. The topological polar surface area (TPSA) is 92.4 Å². The van der Waals surface area contributed by atoms with Crippen LogP contribution in [0.1, 0.15) is 5.56 Å². The average molecular weight is 318 g/mol. The summed E-state index contributed by atoms with van der Waals surface area (Å²) < 4.78 is 0. The second-order valence-corrected chi connectivity index (χ2v) is 5.40. The molecule has 0 heterocycles. The zero-order valence-corrected chi connectivity index (χ0v) is 12.8. The van der Waals surface area contributed by atoms with Crippen molar-refractivity contribution in [2.45, 2.75) is 18.5 Å². The summed E-state index contributed by atoms with van der Waals surface area (Å²) in [5, 5.41) is 13.8. The number of hydrogen-bond acceptors (Lipinski definition) is 4. The third-order valence-corrected chi connectivity index (χ3v) is 3.85. The maximum Gasteiger partial charge on any atom is 0.326 e. The van der Waals surface area contributed by atoms with E-state index in [1.165, 1.54) is 0 Å². The van der Waals surface area contributed by atoms with Crippen molar-refractivity contribution >= 4 is 35.3 Å². The fourth-order valence-corrected chi connectivity index (χ4v) is 2.42. The zero-order valence-electron chi connectivity index (χ0n) is 11.9. The van der Waals surface area contributed by atoms with E-state index in [2.05, 4.69) is 17.9 Å². The molecule has 0 aliphatic carbocycles. The second kappa shape index (κ2) is 7.29. The van der Waals surface area contributed by atoms with E-state index in [1.807, 2.05) is 42.5 Å². The number of nitrogens with one attached hydrogen (secondary N) is 1. The number of hydrogen-bond donors (Lipinski definition) is 4. The smallest absolute Gasteiger partial charge is 0.326 e. The number of thiol groups is 1. The van der Waals surface area contributed by atoms with Crippen LogP contribution in [0.15, 0.2) is 42.5 Å². The molecule has 2 atom stereocenters. The number of amides is 1. The van der Waals surface area contributed by atoms with Gasteiger partial charge in [0.1, 0.15) is 6.04 Å². The van der Waals surface area contributed by atoms with Gasteiger partial charge in [0.05, 0.1) is 6.04 Å². The Morgan fingerprint density at radius 2 is 1.86 bits per heavy atom. The van der Waals surface area contributed by atoms with Crippen LogP contribution < -0.4 is 11.1 Å². The highest BCUT2D eigenvalue weighted by atomic mass is 32.1. The van der Waals surface area contributed by atoms with Crippen molar-refractivity contribution in [2.75, 3.05) is 5.75 Å². The number of carboxylic acid groups (broad SMARTS) is 1. The van der Waals surface area contributed by atoms with Gasteiger partial charge in [-0.1, -0.05) is 42.5 Å². The minimum Gasteiger partial charge on any atom is -0.480 e. The molecular weight excluding hydrogens is 300 g/mol. The molecule has 4 N–H and O–H groups in total. The summed E-state index contributed by atoms with van der Waals surface area (Å²) in [6, 6.07) is 11.6. The van der Waals surface area contributed by atoms with Crippen LogP contribution in [0.4, 0.5) is 0 Å². The molecule has 0 bridgehead atoms. The summed E-state index contributed by atoms with van der Waals surface area (Å²) >= 11 is 3.94. The van der Waals surface area contributed by atoms with Crippen LogP contribution >= 0.6 is 12.6 Å². The summed E-state index contributed by atoms with van der Waals surface area (Å²) in [5.74, 6) is -1.44. The molecule has 0 aliphatic heterocycles. The summed E-state index contributed by atoms with van der Waals surface area (Å²) in [4.78, 5) is 23.2. The summed E-state index contributed by atoms with van der Waals surface area (Å²) in [5.41, 5.74) is 6.43. The van der Waals surface area contributed by atoms with Crippen LogP contribution in [0.2, 0.25) is 0 Å². The van der Waals surface area contributed by atoms with Crippen LogP contribution in [0.25, 0.3) is 10.8 Å². The maximum absolute atomic E-state index is 11.8. The highest BCUT2D eigenvalue weighted by molar-refractivity contribution is 7.80. The summed E-state index contributed by atoms with van der Waals surface area (Å²) in [6.07, 6.45) is 0.196. The minimum atomic E-state index is -1.09. The van der Waals surface area contributed by atoms with Gasteiger partial charge in [-0.15, -0.1) is 0 Å². The van der Waals surface area contributed by atoms with Crippen molar-refractivity contribution in [1.82, 2.24) is 5.32 Å². The van der Waals surface area contributed by atoms with Crippen molar-refractivity contribution in [2.24, 2.45) is 5.73 Å². The van der Waals surface area contributed by atoms with Gasteiger partial charge in [-0.25, -0.2) is 4.79 Å². The molecule has 0 saturated carbocycles. The quantitative estimate of drug-likeness (QED) is 0.602. The number of carbonyl (C=O) groups excluding carboxylic acids is 1. The fraction of sp³-hybridized carbons (Fsp3) is 0.250. The number of aliphatic carboxylic acids is 1. The molecule has 0 saturated heterocycles. The Labute approximate surface area is 133 Å². The van der Waals surface area contributed by atoms with E-state index in [0.717, 1.165) is 16.3 Å². The van der Waals surface area contributed by atoms with Crippen LogP contribution in [-0.2, 0) is 16.0 Å². The predicted octanol–water partition coefficient (Wildman–Crippen LogP) is 1.21. The van der Waals surface area contributed by atoms with Gasteiger partial charge in [0, 0.05) is 12.2 Å². The molecule has 1 amide bonds. The molecule has 2 rings (SSSR count). The Kier molecular flexibility index (Phi) is 5.41. The van der Waals surface area contributed by atoms with E-state index in [9.17, 15) is 14.7 Å². The standard InChI is InChI=1S/C16H18N2O3S/c17-13(9-22)15(19)18-14(16(20)21)8-11-6-3-5-10-4-1-2-7-12(10)11/h1-7,13-14,22H,8-9,17H2,(H,18,19)(H,20,21)/t13-,14-/m0/s1. The van der Waals surface area contributed by atoms with Crippen LogP contribution in [0.3, 0.4) is 0 Å². The normalized spacial score (nSPS) is 13.5. The molecule has 0 aliphatic rings. The minimum absolute atomic E-state index is 0.159. The van der Waals surface area contributed by atoms with Crippen molar-refractivity contribution in [3.63, 3.8) is 0 Å². The average Bonchev–Trinajstić information content (AvgIpc) is 2.53. The Hall–Kier alpha value is -2.05. The highest BCUT2D eigenvalue weighted by Gasteiger charge is 2.23. The largest absolute Gasteiger partial charge is 0.480 e. The lowest BCUT2D eigenvalue weighted by molar-refractivity contribution is -0.141. The summed E-state index contributed by atoms with van der Waals surface area (Å²) in [7, 11) is 0. The third-order valence-electron chi connectivity index (χ3n) is 3.45. The third kappa shape index (κ3) is 3.78. The van der Waals surface area contributed by atoms with Gasteiger partial charge < -0.3 is 16.2 Å².